The van der Waals surface area contributed by atoms with Crippen LogP contribution in [0, 0.1) is 0 Å². The summed E-state index contributed by atoms with van der Waals surface area (Å²) in [4.78, 5) is 0. The Bertz CT molecular complexity index is 1010. The molecule has 4 aromatic rings. The van der Waals surface area contributed by atoms with Gasteiger partial charge in [-0.2, -0.15) is 0 Å². The molecule has 0 fully saturated rings. The van der Waals surface area contributed by atoms with Gasteiger partial charge < -0.3 is 10.2 Å². The second-order valence-corrected chi connectivity index (χ2v) is 7.24. The topological polar surface area (TPSA) is 40.5 Å². The number of phenolic OH excluding ortho intramolecular Hbond substituents is 2. The van der Waals surface area contributed by atoms with Crippen molar-refractivity contribution in [2.75, 3.05) is 0 Å². The van der Waals surface area contributed by atoms with Crippen LogP contribution in [0.5, 0.6) is 11.5 Å². The van der Waals surface area contributed by atoms with Crippen LogP contribution >= 0.6 is 0 Å². The molecule has 0 radical (unpaired) electrons. The molecule has 0 amide bonds. The van der Waals surface area contributed by atoms with Crippen molar-refractivity contribution in [1.82, 2.24) is 0 Å². The lowest BCUT2D eigenvalue weighted by atomic mass is 9.71. The van der Waals surface area contributed by atoms with Gasteiger partial charge in [0, 0.05) is 5.41 Å². The molecule has 0 saturated carbocycles. The molecule has 27 heavy (non-hydrogen) atoms. The van der Waals surface area contributed by atoms with Gasteiger partial charge >= 0.3 is 0 Å². The van der Waals surface area contributed by atoms with Gasteiger partial charge in [0.2, 0.25) is 0 Å². The molecule has 0 unspecified atom stereocenters. The smallest absolute Gasteiger partial charge is 0.115 e. The van der Waals surface area contributed by atoms with Crippen molar-refractivity contribution in [3.8, 4) is 11.5 Å². The minimum absolute atomic E-state index is 0.261. The molecular formula is C25H22O2. The van der Waals surface area contributed by atoms with Crippen LogP contribution in [0.4, 0.5) is 0 Å². The molecule has 0 aromatic heterocycles. The molecule has 0 aliphatic rings. The van der Waals surface area contributed by atoms with Crippen molar-refractivity contribution in [1.29, 1.82) is 0 Å². The highest BCUT2D eigenvalue weighted by molar-refractivity contribution is 5.85. The van der Waals surface area contributed by atoms with E-state index >= 15 is 0 Å². The zero-order valence-corrected chi connectivity index (χ0v) is 15.3. The highest BCUT2D eigenvalue weighted by Gasteiger charge is 2.30. The molecule has 0 heterocycles. The van der Waals surface area contributed by atoms with Crippen LogP contribution in [0.25, 0.3) is 10.8 Å². The van der Waals surface area contributed by atoms with E-state index in [1.54, 1.807) is 24.3 Å². The number of fused-ring (bicyclic) bond motifs is 1. The predicted octanol–water partition coefficient (Wildman–Crippen LogP) is 5.80. The van der Waals surface area contributed by atoms with Gasteiger partial charge in [-0.3, -0.25) is 0 Å². The summed E-state index contributed by atoms with van der Waals surface area (Å²) in [6.45, 7) is 2.22. The normalized spacial score (nSPS) is 11.6. The second kappa shape index (κ2) is 6.81. The lowest BCUT2D eigenvalue weighted by molar-refractivity contribution is 0.473. The fourth-order valence-electron chi connectivity index (χ4n) is 3.86. The maximum Gasteiger partial charge on any atom is 0.115 e. The van der Waals surface area contributed by atoms with E-state index in [1.165, 1.54) is 16.3 Å². The number of rotatable bonds is 4. The largest absolute Gasteiger partial charge is 0.508 e. The minimum atomic E-state index is -0.300. The van der Waals surface area contributed by atoms with Crippen LogP contribution in [0.3, 0.4) is 0 Å². The highest BCUT2D eigenvalue weighted by atomic mass is 16.3. The molecule has 134 valence electrons. The third-order valence-electron chi connectivity index (χ3n) is 5.43. The first kappa shape index (κ1) is 17.2. The Morgan fingerprint density at radius 3 is 1.74 bits per heavy atom. The van der Waals surface area contributed by atoms with Crippen molar-refractivity contribution >= 4 is 10.8 Å². The van der Waals surface area contributed by atoms with Crippen molar-refractivity contribution in [3.05, 3.63) is 108 Å². The Morgan fingerprint density at radius 1 is 0.630 bits per heavy atom. The molecule has 2 heteroatoms. The number of hydrogen-bond donors (Lipinski definition) is 2. The molecule has 0 spiro atoms. The van der Waals surface area contributed by atoms with Gasteiger partial charge in [-0.05, 0) is 58.1 Å². The number of hydrogen-bond acceptors (Lipinski definition) is 2. The predicted molar refractivity (Wildman–Crippen MR) is 110 cm³/mol. The summed E-state index contributed by atoms with van der Waals surface area (Å²) in [6, 6.07) is 29.7. The fourth-order valence-corrected chi connectivity index (χ4v) is 3.86. The van der Waals surface area contributed by atoms with Gasteiger partial charge in [-0.1, -0.05) is 73.7 Å². The van der Waals surface area contributed by atoms with Crippen LogP contribution in [0.2, 0.25) is 0 Å². The number of benzene rings is 4. The first-order chi connectivity index (χ1) is 13.1. The van der Waals surface area contributed by atoms with Crippen LogP contribution in [0.15, 0.2) is 91.0 Å². The summed E-state index contributed by atoms with van der Waals surface area (Å²) in [5.74, 6) is 0.522. The monoisotopic (exact) mass is 354 g/mol. The van der Waals surface area contributed by atoms with Gasteiger partial charge in [0.25, 0.3) is 0 Å². The Balaban J connectivity index is 1.87. The van der Waals surface area contributed by atoms with E-state index in [0.29, 0.717) is 0 Å². The molecule has 0 bridgehead atoms. The first-order valence-electron chi connectivity index (χ1n) is 9.12. The Labute approximate surface area is 159 Å². The third-order valence-corrected chi connectivity index (χ3v) is 5.43. The third kappa shape index (κ3) is 3.26. The van der Waals surface area contributed by atoms with Crippen LogP contribution in [-0.2, 0) is 11.8 Å². The number of aromatic hydroxyl groups is 2. The van der Waals surface area contributed by atoms with Crippen molar-refractivity contribution in [3.63, 3.8) is 0 Å². The van der Waals surface area contributed by atoms with Crippen molar-refractivity contribution in [2.45, 2.75) is 18.8 Å². The fraction of sp³-hybridized carbons (Fsp3) is 0.120. The maximum atomic E-state index is 9.73. The molecule has 4 rings (SSSR count). The minimum Gasteiger partial charge on any atom is -0.508 e. The SMILES string of the molecule is CC(Cc1cccc2ccccc12)(c1ccc(O)cc1)c1ccc(O)cc1. The van der Waals surface area contributed by atoms with Crippen molar-refractivity contribution in [2.24, 2.45) is 0 Å². The lowest BCUT2D eigenvalue weighted by Gasteiger charge is -2.32. The Hall–Kier alpha value is -3.26. The molecule has 0 aliphatic carbocycles. The van der Waals surface area contributed by atoms with Gasteiger partial charge in [-0.25, -0.2) is 0 Å². The summed E-state index contributed by atoms with van der Waals surface area (Å²) in [5.41, 5.74) is 3.22. The van der Waals surface area contributed by atoms with Crippen LogP contribution < -0.4 is 0 Å². The average molecular weight is 354 g/mol. The molecule has 0 aliphatic heterocycles. The highest BCUT2D eigenvalue weighted by Crippen LogP contribution is 2.38. The van der Waals surface area contributed by atoms with E-state index < -0.39 is 0 Å². The van der Waals surface area contributed by atoms with Gasteiger partial charge in [0.05, 0.1) is 0 Å². The summed E-state index contributed by atoms with van der Waals surface area (Å²) in [7, 11) is 0. The van der Waals surface area contributed by atoms with Gasteiger partial charge in [0.15, 0.2) is 0 Å². The van der Waals surface area contributed by atoms with Gasteiger partial charge in [0.1, 0.15) is 11.5 Å². The van der Waals surface area contributed by atoms with E-state index in [0.717, 1.165) is 17.5 Å². The maximum absolute atomic E-state index is 9.73. The van der Waals surface area contributed by atoms with E-state index in [1.807, 2.05) is 24.3 Å². The van der Waals surface area contributed by atoms with Crippen LogP contribution in [-0.4, -0.2) is 10.2 Å². The van der Waals surface area contributed by atoms with Crippen LogP contribution in [0.1, 0.15) is 23.6 Å². The summed E-state index contributed by atoms with van der Waals surface area (Å²) < 4.78 is 0. The first-order valence-corrected chi connectivity index (χ1v) is 9.12. The molecule has 0 saturated heterocycles. The Kier molecular flexibility index (Phi) is 4.33. The standard InChI is InChI=1S/C25H22O2/c1-25(20-9-13-22(26)14-10-20,21-11-15-23(27)16-12-21)17-19-7-4-6-18-5-2-3-8-24(18)19/h2-16,26-27H,17H2,1H3. The average Bonchev–Trinajstić information content (AvgIpc) is 2.69. The zero-order valence-electron chi connectivity index (χ0n) is 15.3. The summed E-state index contributed by atoms with van der Waals surface area (Å²) >= 11 is 0. The van der Waals surface area contributed by atoms with E-state index in [9.17, 15) is 10.2 Å². The van der Waals surface area contributed by atoms with E-state index in [4.69, 9.17) is 0 Å². The second-order valence-electron chi connectivity index (χ2n) is 7.24. The molecule has 2 N–H and O–H groups in total. The number of phenols is 2. The summed E-state index contributed by atoms with van der Waals surface area (Å²) in [6.07, 6.45) is 0.809. The summed E-state index contributed by atoms with van der Waals surface area (Å²) in [5, 5.41) is 21.9. The zero-order chi connectivity index (χ0) is 18.9. The van der Waals surface area contributed by atoms with E-state index in [-0.39, 0.29) is 16.9 Å². The van der Waals surface area contributed by atoms with Crippen molar-refractivity contribution < 1.29 is 10.2 Å². The molecule has 0 atom stereocenters. The van der Waals surface area contributed by atoms with Gasteiger partial charge in [-0.15, -0.1) is 0 Å². The molecule has 4 aromatic carbocycles. The quantitative estimate of drug-likeness (QED) is 0.486. The molecule has 2 nitrogen and oxygen atoms in total. The van der Waals surface area contributed by atoms with E-state index in [2.05, 4.69) is 49.4 Å². The molecular weight excluding hydrogens is 332 g/mol. The lowest BCUT2D eigenvalue weighted by Crippen LogP contribution is -2.26. The Morgan fingerprint density at radius 2 is 1.15 bits per heavy atom.